The molecule has 6 heteroatoms. The smallest absolute Gasteiger partial charge is 0.323 e. The van der Waals surface area contributed by atoms with Crippen molar-refractivity contribution < 1.29 is 9.53 Å². The molecule has 2 rings (SSSR count). The minimum Gasteiger partial charge on any atom is -0.468 e. The van der Waals surface area contributed by atoms with Crippen molar-refractivity contribution in [1.82, 2.24) is 19.7 Å². The minimum atomic E-state index is -0.337. The number of aromatic nitrogens is 3. The van der Waals surface area contributed by atoms with Gasteiger partial charge < -0.3 is 4.74 Å². The Balaban J connectivity index is 2.16. The SMILES string of the molecule is COC(=O)C(NCc1cn2c(C)cc(C)nc2n1)C(C)C. The molecule has 0 amide bonds. The summed E-state index contributed by atoms with van der Waals surface area (Å²) in [5.41, 5.74) is 2.88. The number of rotatable bonds is 5. The van der Waals surface area contributed by atoms with Crippen LogP contribution in [0.1, 0.15) is 30.9 Å². The summed E-state index contributed by atoms with van der Waals surface area (Å²) >= 11 is 0. The zero-order valence-corrected chi connectivity index (χ0v) is 13.2. The number of carbonyl (C=O) groups is 1. The Hall–Kier alpha value is -1.95. The number of imidazole rings is 1. The topological polar surface area (TPSA) is 68.5 Å². The molecule has 0 radical (unpaired) electrons. The van der Waals surface area contributed by atoms with Crippen LogP contribution in [0.4, 0.5) is 0 Å². The van der Waals surface area contributed by atoms with Crippen molar-refractivity contribution in [2.75, 3.05) is 7.11 Å². The Morgan fingerprint density at radius 1 is 1.38 bits per heavy atom. The first-order valence-electron chi connectivity index (χ1n) is 7.05. The zero-order valence-electron chi connectivity index (χ0n) is 13.2. The monoisotopic (exact) mass is 290 g/mol. The second-order valence-corrected chi connectivity index (χ2v) is 5.57. The van der Waals surface area contributed by atoms with Gasteiger partial charge in [-0.3, -0.25) is 14.5 Å². The van der Waals surface area contributed by atoms with E-state index in [-0.39, 0.29) is 17.9 Å². The molecule has 2 aromatic heterocycles. The molecule has 0 spiro atoms. The van der Waals surface area contributed by atoms with E-state index in [0.717, 1.165) is 17.1 Å². The third-order valence-electron chi connectivity index (χ3n) is 3.44. The van der Waals surface area contributed by atoms with Gasteiger partial charge in [-0.15, -0.1) is 0 Å². The second-order valence-electron chi connectivity index (χ2n) is 5.57. The van der Waals surface area contributed by atoms with Crippen LogP contribution in [0.2, 0.25) is 0 Å². The Bertz CT molecular complexity index is 648. The standard InChI is InChI=1S/C15H22N4O2/c1-9(2)13(14(20)21-5)16-7-12-8-19-11(4)6-10(3)17-15(19)18-12/h6,8-9,13,16H,7H2,1-5H3. The largest absolute Gasteiger partial charge is 0.468 e. The molecule has 6 nitrogen and oxygen atoms in total. The molecule has 0 fully saturated rings. The molecule has 2 aromatic rings. The molecule has 114 valence electrons. The molecule has 2 heterocycles. The molecule has 21 heavy (non-hydrogen) atoms. The van der Waals surface area contributed by atoms with Crippen molar-refractivity contribution in [2.24, 2.45) is 5.92 Å². The Labute approximate surface area is 124 Å². The van der Waals surface area contributed by atoms with Gasteiger partial charge in [0.2, 0.25) is 5.78 Å². The maximum absolute atomic E-state index is 11.7. The lowest BCUT2D eigenvalue weighted by Crippen LogP contribution is -2.41. The maximum Gasteiger partial charge on any atom is 0.323 e. The van der Waals surface area contributed by atoms with Gasteiger partial charge in [-0.05, 0) is 25.8 Å². The molecule has 0 aromatic carbocycles. The highest BCUT2D eigenvalue weighted by molar-refractivity contribution is 5.75. The molecule has 1 unspecified atom stereocenters. The highest BCUT2D eigenvalue weighted by Gasteiger charge is 2.22. The fourth-order valence-corrected chi connectivity index (χ4v) is 2.34. The zero-order chi connectivity index (χ0) is 15.6. The number of methoxy groups -OCH3 is 1. The molecule has 0 saturated heterocycles. The van der Waals surface area contributed by atoms with E-state index >= 15 is 0 Å². The molecule has 0 bridgehead atoms. The fourth-order valence-electron chi connectivity index (χ4n) is 2.34. The summed E-state index contributed by atoms with van der Waals surface area (Å²) in [6, 6.07) is 1.67. The molecule has 1 N–H and O–H groups in total. The van der Waals surface area contributed by atoms with Crippen molar-refractivity contribution in [3.05, 3.63) is 29.3 Å². The lowest BCUT2D eigenvalue weighted by molar-refractivity contribution is -0.144. The second kappa shape index (κ2) is 6.22. The summed E-state index contributed by atoms with van der Waals surface area (Å²) in [5, 5.41) is 3.20. The van der Waals surface area contributed by atoms with Crippen LogP contribution in [0.15, 0.2) is 12.3 Å². The van der Waals surface area contributed by atoms with E-state index in [4.69, 9.17) is 4.74 Å². The van der Waals surface area contributed by atoms with Crippen molar-refractivity contribution in [2.45, 2.75) is 40.3 Å². The van der Waals surface area contributed by atoms with Gasteiger partial charge in [0.1, 0.15) is 6.04 Å². The van der Waals surface area contributed by atoms with Crippen LogP contribution in [0.5, 0.6) is 0 Å². The van der Waals surface area contributed by atoms with Gasteiger partial charge >= 0.3 is 5.97 Å². The van der Waals surface area contributed by atoms with E-state index in [9.17, 15) is 4.79 Å². The average molecular weight is 290 g/mol. The predicted molar refractivity (Wildman–Crippen MR) is 79.9 cm³/mol. The van der Waals surface area contributed by atoms with Crippen LogP contribution in [-0.2, 0) is 16.1 Å². The number of esters is 1. The van der Waals surface area contributed by atoms with Crippen molar-refractivity contribution >= 4 is 11.7 Å². The lowest BCUT2D eigenvalue weighted by Gasteiger charge is -2.19. The van der Waals surface area contributed by atoms with E-state index in [1.807, 2.05) is 44.4 Å². The first-order valence-corrected chi connectivity index (χ1v) is 7.05. The third-order valence-corrected chi connectivity index (χ3v) is 3.44. The Kier molecular flexibility index (Phi) is 4.57. The Morgan fingerprint density at radius 3 is 2.71 bits per heavy atom. The quantitative estimate of drug-likeness (QED) is 0.848. The molecule has 0 saturated carbocycles. The molecular weight excluding hydrogens is 268 g/mol. The lowest BCUT2D eigenvalue weighted by atomic mass is 10.0. The van der Waals surface area contributed by atoms with E-state index in [0.29, 0.717) is 12.3 Å². The number of aryl methyl sites for hydroxylation is 2. The summed E-state index contributed by atoms with van der Waals surface area (Å²) in [6.45, 7) is 8.43. The number of ether oxygens (including phenoxy) is 1. The summed E-state index contributed by atoms with van der Waals surface area (Å²) < 4.78 is 6.77. The average Bonchev–Trinajstić information content (AvgIpc) is 2.81. The molecule has 0 aliphatic carbocycles. The summed E-state index contributed by atoms with van der Waals surface area (Å²) in [5.74, 6) is 0.582. The van der Waals surface area contributed by atoms with Crippen LogP contribution in [0, 0.1) is 19.8 Å². The van der Waals surface area contributed by atoms with Crippen LogP contribution < -0.4 is 5.32 Å². The van der Waals surface area contributed by atoms with Crippen molar-refractivity contribution in [1.29, 1.82) is 0 Å². The molecule has 1 atom stereocenters. The van der Waals surface area contributed by atoms with Gasteiger partial charge in [-0.25, -0.2) is 9.97 Å². The van der Waals surface area contributed by atoms with Crippen molar-refractivity contribution in [3.8, 4) is 0 Å². The number of nitrogens with one attached hydrogen (secondary N) is 1. The predicted octanol–water partition coefficient (Wildman–Crippen LogP) is 1.63. The third kappa shape index (κ3) is 3.39. The van der Waals surface area contributed by atoms with Gasteiger partial charge in [0.25, 0.3) is 0 Å². The minimum absolute atomic E-state index is 0.150. The normalized spacial score (nSPS) is 12.9. The van der Waals surface area contributed by atoms with Gasteiger partial charge in [0.15, 0.2) is 0 Å². The van der Waals surface area contributed by atoms with Crippen molar-refractivity contribution in [3.63, 3.8) is 0 Å². The van der Waals surface area contributed by atoms with Gasteiger partial charge in [-0.2, -0.15) is 0 Å². The molecule has 0 aliphatic rings. The molecule has 0 aliphatic heterocycles. The highest BCUT2D eigenvalue weighted by Crippen LogP contribution is 2.10. The van der Waals surface area contributed by atoms with E-state index in [1.165, 1.54) is 7.11 Å². The Morgan fingerprint density at radius 2 is 2.10 bits per heavy atom. The number of hydrogen-bond donors (Lipinski definition) is 1. The highest BCUT2D eigenvalue weighted by atomic mass is 16.5. The fraction of sp³-hybridized carbons (Fsp3) is 0.533. The summed E-state index contributed by atoms with van der Waals surface area (Å²) in [4.78, 5) is 20.6. The van der Waals surface area contributed by atoms with E-state index in [1.54, 1.807) is 0 Å². The van der Waals surface area contributed by atoms with Gasteiger partial charge in [0, 0.05) is 24.1 Å². The van der Waals surface area contributed by atoms with Gasteiger partial charge in [0.05, 0.1) is 12.8 Å². The number of carbonyl (C=O) groups excluding carboxylic acids is 1. The summed E-state index contributed by atoms with van der Waals surface area (Å²) in [7, 11) is 1.40. The number of fused-ring (bicyclic) bond motifs is 1. The maximum atomic E-state index is 11.7. The van der Waals surface area contributed by atoms with Crippen LogP contribution in [0.25, 0.3) is 5.78 Å². The number of hydrogen-bond acceptors (Lipinski definition) is 5. The molecular formula is C15H22N4O2. The van der Waals surface area contributed by atoms with E-state index < -0.39 is 0 Å². The van der Waals surface area contributed by atoms with Gasteiger partial charge in [-0.1, -0.05) is 13.8 Å². The number of nitrogens with zero attached hydrogens (tertiary/aromatic N) is 3. The first kappa shape index (κ1) is 15.4. The van der Waals surface area contributed by atoms with Crippen LogP contribution in [-0.4, -0.2) is 33.5 Å². The first-order chi connectivity index (χ1) is 9.92. The van der Waals surface area contributed by atoms with E-state index in [2.05, 4.69) is 15.3 Å². The van der Waals surface area contributed by atoms with Crippen LogP contribution >= 0.6 is 0 Å². The van der Waals surface area contributed by atoms with Crippen LogP contribution in [0.3, 0.4) is 0 Å². The summed E-state index contributed by atoms with van der Waals surface area (Å²) in [6.07, 6.45) is 1.94.